The van der Waals surface area contributed by atoms with Crippen LogP contribution in [-0.2, 0) is 14.3 Å². The molecule has 0 aliphatic carbocycles. The van der Waals surface area contributed by atoms with Gasteiger partial charge in [-0.3, -0.25) is 4.79 Å². The van der Waals surface area contributed by atoms with Crippen molar-refractivity contribution in [2.45, 2.75) is 57.2 Å². The number of rotatable bonds is 5. The summed E-state index contributed by atoms with van der Waals surface area (Å²) in [7, 11) is 0. The summed E-state index contributed by atoms with van der Waals surface area (Å²) in [6.07, 6.45) is 3.33. The maximum atomic E-state index is 12.6. The van der Waals surface area contributed by atoms with Crippen LogP contribution >= 0.6 is 0 Å². The van der Waals surface area contributed by atoms with E-state index in [1.807, 2.05) is 11.0 Å². The van der Waals surface area contributed by atoms with Crippen LogP contribution in [-0.4, -0.2) is 48.8 Å². The van der Waals surface area contributed by atoms with Crippen molar-refractivity contribution < 1.29 is 14.3 Å². The fourth-order valence-corrected chi connectivity index (χ4v) is 3.99. The van der Waals surface area contributed by atoms with Crippen molar-refractivity contribution in [2.24, 2.45) is 0 Å². The van der Waals surface area contributed by atoms with E-state index in [2.05, 4.69) is 38.1 Å². The minimum Gasteiger partial charge on any atom is -0.376 e. The first-order chi connectivity index (χ1) is 11.2. The van der Waals surface area contributed by atoms with Gasteiger partial charge in [0, 0.05) is 24.6 Å². The Balaban J connectivity index is 1.55. The lowest BCUT2D eigenvalue weighted by Gasteiger charge is -2.28. The summed E-state index contributed by atoms with van der Waals surface area (Å²) in [5, 5.41) is 0. The molecular formula is C19H27NO3. The number of likely N-dealkylation sites (tertiary alicyclic amines) is 1. The zero-order valence-corrected chi connectivity index (χ0v) is 14.1. The van der Waals surface area contributed by atoms with Crippen LogP contribution in [0, 0.1) is 0 Å². The second-order valence-corrected chi connectivity index (χ2v) is 6.79. The van der Waals surface area contributed by atoms with Gasteiger partial charge in [-0.2, -0.15) is 0 Å². The van der Waals surface area contributed by atoms with Crippen LogP contribution in [0.1, 0.15) is 44.6 Å². The average Bonchev–Trinajstić information content (AvgIpc) is 3.16. The van der Waals surface area contributed by atoms with Crippen LogP contribution < -0.4 is 0 Å². The Labute approximate surface area is 138 Å². The summed E-state index contributed by atoms with van der Waals surface area (Å²) >= 11 is 0. The molecule has 1 amide bonds. The van der Waals surface area contributed by atoms with Gasteiger partial charge in [0.15, 0.2) is 0 Å². The van der Waals surface area contributed by atoms with Crippen LogP contribution in [0.5, 0.6) is 0 Å². The fourth-order valence-electron chi connectivity index (χ4n) is 3.99. The molecule has 4 heteroatoms. The Hall–Kier alpha value is -1.39. The van der Waals surface area contributed by atoms with Crippen molar-refractivity contribution in [3.05, 3.63) is 35.9 Å². The highest BCUT2D eigenvalue weighted by molar-refractivity contribution is 5.78. The summed E-state index contributed by atoms with van der Waals surface area (Å²) in [6, 6.07) is 11.0. The first kappa shape index (κ1) is 16.5. The SMILES string of the molecule is C[C@@H]1C[C@H](c2ccccc2)[C@@H](C)N1C(=O)COC[C@@H]1CCCO1. The van der Waals surface area contributed by atoms with Crippen LogP contribution in [0.15, 0.2) is 30.3 Å². The van der Waals surface area contributed by atoms with Crippen LogP contribution in [0.25, 0.3) is 0 Å². The summed E-state index contributed by atoms with van der Waals surface area (Å²) < 4.78 is 11.1. The minimum absolute atomic E-state index is 0.0985. The molecule has 2 aliphatic heterocycles. The Kier molecular flexibility index (Phi) is 5.34. The number of amides is 1. The lowest BCUT2D eigenvalue weighted by atomic mass is 9.92. The maximum absolute atomic E-state index is 12.6. The fraction of sp³-hybridized carbons (Fsp3) is 0.632. The number of ether oxygens (including phenoxy) is 2. The largest absolute Gasteiger partial charge is 0.376 e. The zero-order chi connectivity index (χ0) is 16.2. The Morgan fingerprint density at radius 2 is 2.09 bits per heavy atom. The van der Waals surface area contributed by atoms with Gasteiger partial charge in [0.25, 0.3) is 0 Å². The Morgan fingerprint density at radius 3 is 2.78 bits per heavy atom. The number of benzene rings is 1. The number of hydrogen-bond donors (Lipinski definition) is 0. The molecule has 23 heavy (non-hydrogen) atoms. The van der Waals surface area contributed by atoms with Gasteiger partial charge < -0.3 is 14.4 Å². The lowest BCUT2D eigenvalue weighted by molar-refractivity contribution is -0.139. The number of nitrogens with zero attached hydrogens (tertiary/aromatic N) is 1. The molecule has 0 saturated carbocycles. The summed E-state index contributed by atoms with van der Waals surface area (Å²) in [6.45, 7) is 5.80. The molecule has 0 N–H and O–H groups in total. The predicted octanol–water partition coefficient (Wildman–Crippen LogP) is 2.98. The van der Waals surface area contributed by atoms with Gasteiger partial charge >= 0.3 is 0 Å². The van der Waals surface area contributed by atoms with E-state index in [-0.39, 0.29) is 30.7 Å². The van der Waals surface area contributed by atoms with Gasteiger partial charge in [-0.1, -0.05) is 30.3 Å². The van der Waals surface area contributed by atoms with Gasteiger partial charge in [-0.05, 0) is 38.7 Å². The smallest absolute Gasteiger partial charge is 0.249 e. The number of carbonyl (C=O) groups is 1. The molecule has 2 fully saturated rings. The van der Waals surface area contributed by atoms with Crippen molar-refractivity contribution in [1.29, 1.82) is 0 Å². The normalized spacial score (nSPS) is 30.8. The standard InChI is InChI=1S/C19H27NO3/c1-14-11-18(16-7-4-3-5-8-16)15(2)20(14)19(21)13-22-12-17-9-6-10-23-17/h3-5,7-8,14-15,17-18H,6,9-13H2,1-2H3/t14-,15-,17+,18+/m1/s1. The maximum Gasteiger partial charge on any atom is 0.249 e. The summed E-state index contributed by atoms with van der Waals surface area (Å²) in [4.78, 5) is 14.6. The molecule has 4 atom stereocenters. The molecule has 2 aliphatic rings. The first-order valence-corrected chi connectivity index (χ1v) is 8.72. The van der Waals surface area contributed by atoms with E-state index < -0.39 is 0 Å². The third-order valence-corrected chi connectivity index (χ3v) is 5.16. The molecule has 0 radical (unpaired) electrons. The van der Waals surface area contributed by atoms with Gasteiger partial charge in [0.1, 0.15) is 6.61 Å². The molecular weight excluding hydrogens is 290 g/mol. The van der Waals surface area contributed by atoms with E-state index in [1.54, 1.807) is 0 Å². The van der Waals surface area contributed by atoms with Gasteiger partial charge in [0.2, 0.25) is 5.91 Å². The highest BCUT2D eigenvalue weighted by Gasteiger charge is 2.39. The van der Waals surface area contributed by atoms with E-state index >= 15 is 0 Å². The van der Waals surface area contributed by atoms with E-state index in [0.29, 0.717) is 12.5 Å². The van der Waals surface area contributed by atoms with E-state index in [1.165, 1.54) is 5.56 Å². The monoisotopic (exact) mass is 317 g/mol. The molecule has 2 heterocycles. The molecule has 2 saturated heterocycles. The predicted molar refractivity (Wildman–Crippen MR) is 89.4 cm³/mol. The van der Waals surface area contributed by atoms with Crippen LogP contribution in [0.3, 0.4) is 0 Å². The Morgan fingerprint density at radius 1 is 1.30 bits per heavy atom. The minimum atomic E-state index is 0.0985. The number of hydrogen-bond acceptors (Lipinski definition) is 3. The van der Waals surface area contributed by atoms with Crippen molar-refractivity contribution in [3.8, 4) is 0 Å². The molecule has 0 aromatic heterocycles. The molecule has 1 aromatic carbocycles. The highest BCUT2D eigenvalue weighted by atomic mass is 16.5. The van der Waals surface area contributed by atoms with Gasteiger partial charge in [-0.25, -0.2) is 0 Å². The second kappa shape index (κ2) is 7.45. The zero-order valence-electron chi connectivity index (χ0n) is 14.1. The quantitative estimate of drug-likeness (QED) is 0.838. The average molecular weight is 317 g/mol. The lowest BCUT2D eigenvalue weighted by Crippen LogP contribution is -2.42. The summed E-state index contributed by atoms with van der Waals surface area (Å²) in [5.74, 6) is 0.509. The topological polar surface area (TPSA) is 38.8 Å². The number of carbonyl (C=O) groups excluding carboxylic acids is 1. The second-order valence-electron chi connectivity index (χ2n) is 6.79. The van der Waals surface area contributed by atoms with Gasteiger partial charge in [0.05, 0.1) is 12.7 Å². The molecule has 3 rings (SSSR count). The van der Waals surface area contributed by atoms with Crippen molar-refractivity contribution in [2.75, 3.05) is 19.8 Å². The van der Waals surface area contributed by atoms with E-state index in [9.17, 15) is 4.79 Å². The van der Waals surface area contributed by atoms with Crippen molar-refractivity contribution in [1.82, 2.24) is 4.90 Å². The van der Waals surface area contributed by atoms with Crippen molar-refractivity contribution >= 4 is 5.91 Å². The van der Waals surface area contributed by atoms with Gasteiger partial charge in [-0.15, -0.1) is 0 Å². The van der Waals surface area contributed by atoms with Crippen LogP contribution in [0.4, 0.5) is 0 Å². The highest BCUT2D eigenvalue weighted by Crippen LogP contribution is 2.37. The third kappa shape index (κ3) is 3.75. The first-order valence-electron chi connectivity index (χ1n) is 8.72. The molecule has 126 valence electrons. The van der Waals surface area contributed by atoms with E-state index in [4.69, 9.17) is 9.47 Å². The molecule has 0 spiro atoms. The molecule has 0 bridgehead atoms. The van der Waals surface area contributed by atoms with Crippen LogP contribution in [0.2, 0.25) is 0 Å². The molecule has 0 unspecified atom stereocenters. The molecule has 1 aromatic rings. The van der Waals surface area contributed by atoms with Crippen molar-refractivity contribution in [3.63, 3.8) is 0 Å². The Bertz CT molecular complexity index is 513. The van der Waals surface area contributed by atoms with E-state index in [0.717, 1.165) is 25.9 Å². The summed E-state index contributed by atoms with van der Waals surface area (Å²) in [5.41, 5.74) is 1.32. The molecule has 4 nitrogen and oxygen atoms in total. The third-order valence-electron chi connectivity index (χ3n) is 5.16.